The van der Waals surface area contributed by atoms with Crippen LogP contribution in [0.3, 0.4) is 0 Å². The molecular weight excluding hydrogens is 132 g/mol. The topological polar surface area (TPSA) is 0 Å². The summed E-state index contributed by atoms with van der Waals surface area (Å²) in [5.41, 5.74) is 2.81. The minimum absolute atomic E-state index is 0.773. The molecule has 0 saturated carbocycles. The maximum atomic E-state index is 2.32. The van der Waals surface area contributed by atoms with Crippen molar-refractivity contribution in [2.45, 2.75) is 41.0 Å². The predicted octanol–water partition coefficient (Wildman–Crippen LogP) is 3.95. The Morgan fingerprint density at radius 3 is 2.09 bits per heavy atom. The van der Waals surface area contributed by atoms with Crippen LogP contribution in [0.25, 0.3) is 0 Å². The van der Waals surface area contributed by atoms with Crippen LogP contribution in [-0.4, -0.2) is 0 Å². The van der Waals surface area contributed by atoms with Gasteiger partial charge < -0.3 is 0 Å². The molecule has 0 aliphatic carbocycles. The van der Waals surface area contributed by atoms with Crippen molar-refractivity contribution in [1.82, 2.24) is 0 Å². The first-order chi connectivity index (χ1) is 5.07. The monoisotopic (exact) mass is 152 g/mol. The lowest BCUT2D eigenvalue weighted by Gasteiger charge is -2.02. The molecule has 0 spiro atoms. The van der Waals surface area contributed by atoms with Gasteiger partial charge in [0, 0.05) is 0 Å². The number of hydrogen-bond donors (Lipinski definition) is 0. The summed E-state index contributed by atoms with van der Waals surface area (Å²) >= 11 is 0. The quantitative estimate of drug-likeness (QED) is 0.537. The second-order valence-electron chi connectivity index (χ2n) is 3.49. The van der Waals surface area contributed by atoms with Gasteiger partial charge in [-0.15, -0.1) is 0 Å². The zero-order valence-electron chi connectivity index (χ0n) is 8.44. The molecule has 0 radical (unpaired) electrons. The molecule has 11 heavy (non-hydrogen) atoms. The van der Waals surface area contributed by atoms with Gasteiger partial charge in [-0.3, -0.25) is 0 Å². The van der Waals surface area contributed by atoms with Crippen LogP contribution in [0.2, 0.25) is 0 Å². The summed E-state index contributed by atoms with van der Waals surface area (Å²) in [7, 11) is 0. The van der Waals surface area contributed by atoms with Gasteiger partial charge in [-0.2, -0.15) is 0 Å². The van der Waals surface area contributed by atoms with Gasteiger partial charge in [0.25, 0.3) is 0 Å². The molecule has 0 saturated heterocycles. The largest absolute Gasteiger partial charge is 0.0845 e. The Bertz CT molecular complexity index is 159. The van der Waals surface area contributed by atoms with Gasteiger partial charge in [0.05, 0.1) is 0 Å². The molecule has 0 amide bonds. The standard InChI is InChI=1S/C11H20/c1-6-10(4)11(5)8-7-9(2)3/h6,8-9H,7H2,1-5H3/b10-6+,11-8+. The van der Waals surface area contributed by atoms with Gasteiger partial charge in [-0.25, -0.2) is 0 Å². The average molecular weight is 152 g/mol. The molecule has 0 rings (SSSR count). The van der Waals surface area contributed by atoms with Crippen molar-refractivity contribution in [2.24, 2.45) is 5.92 Å². The first-order valence-electron chi connectivity index (χ1n) is 4.38. The fourth-order valence-electron chi connectivity index (χ4n) is 0.801. The van der Waals surface area contributed by atoms with E-state index in [2.05, 4.69) is 46.8 Å². The Balaban J connectivity index is 4.01. The first kappa shape index (κ1) is 10.5. The van der Waals surface area contributed by atoms with E-state index in [0.717, 1.165) is 5.92 Å². The number of rotatable bonds is 3. The Labute approximate surface area is 71.0 Å². The van der Waals surface area contributed by atoms with Gasteiger partial charge in [0.1, 0.15) is 0 Å². The summed E-state index contributed by atoms with van der Waals surface area (Å²) in [5.74, 6) is 0.773. The summed E-state index contributed by atoms with van der Waals surface area (Å²) in [5, 5.41) is 0. The molecule has 0 aromatic heterocycles. The third-order valence-electron chi connectivity index (χ3n) is 1.95. The van der Waals surface area contributed by atoms with Crippen LogP contribution in [0.15, 0.2) is 23.3 Å². The molecular formula is C11H20. The molecule has 0 atom stereocenters. The molecule has 64 valence electrons. The van der Waals surface area contributed by atoms with Crippen LogP contribution in [0.1, 0.15) is 41.0 Å². The van der Waals surface area contributed by atoms with E-state index < -0.39 is 0 Å². The molecule has 0 fully saturated rings. The predicted molar refractivity (Wildman–Crippen MR) is 52.6 cm³/mol. The van der Waals surface area contributed by atoms with Crippen LogP contribution >= 0.6 is 0 Å². The molecule has 0 aromatic rings. The van der Waals surface area contributed by atoms with Crippen LogP contribution in [0.4, 0.5) is 0 Å². The fraction of sp³-hybridized carbons (Fsp3) is 0.636. The molecule has 0 heteroatoms. The summed E-state index contributed by atoms with van der Waals surface area (Å²) in [4.78, 5) is 0. The molecule has 0 aliphatic rings. The molecule has 0 aliphatic heterocycles. The highest BCUT2D eigenvalue weighted by Gasteiger charge is 1.92. The van der Waals surface area contributed by atoms with Crippen molar-refractivity contribution in [2.75, 3.05) is 0 Å². The lowest BCUT2D eigenvalue weighted by Crippen LogP contribution is -1.85. The van der Waals surface area contributed by atoms with E-state index >= 15 is 0 Å². The zero-order valence-corrected chi connectivity index (χ0v) is 8.44. The van der Waals surface area contributed by atoms with E-state index in [4.69, 9.17) is 0 Å². The summed E-state index contributed by atoms with van der Waals surface area (Å²) in [6.07, 6.45) is 5.67. The summed E-state index contributed by atoms with van der Waals surface area (Å²) < 4.78 is 0. The molecule has 0 nitrogen and oxygen atoms in total. The average Bonchev–Trinajstić information content (AvgIpc) is 1.98. The van der Waals surface area contributed by atoms with E-state index in [1.807, 2.05) is 0 Å². The van der Waals surface area contributed by atoms with Crippen LogP contribution in [0, 0.1) is 5.92 Å². The zero-order chi connectivity index (χ0) is 8.85. The third-order valence-corrected chi connectivity index (χ3v) is 1.95. The van der Waals surface area contributed by atoms with E-state index in [-0.39, 0.29) is 0 Å². The van der Waals surface area contributed by atoms with Gasteiger partial charge >= 0.3 is 0 Å². The lowest BCUT2D eigenvalue weighted by molar-refractivity contribution is 0.661. The van der Waals surface area contributed by atoms with Crippen molar-refractivity contribution < 1.29 is 0 Å². The van der Waals surface area contributed by atoms with Crippen molar-refractivity contribution in [3.63, 3.8) is 0 Å². The summed E-state index contributed by atoms with van der Waals surface area (Å²) in [6.45, 7) is 10.9. The number of allylic oxidation sites excluding steroid dienone is 4. The minimum Gasteiger partial charge on any atom is -0.0845 e. The molecule has 0 aromatic carbocycles. The van der Waals surface area contributed by atoms with Crippen LogP contribution < -0.4 is 0 Å². The Hall–Kier alpha value is -0.520. The SMILES string of the molecule is C/C=C(C)/C(C)=C/CC(C)C. The second kappa shape index (κ2) is 5.17. The van der Waals surface area contributed by atoms with Gasteiger partial charge in [0.2, 0.25) is 0 Å². The smallest absolute Gasteiger partial charge is 0.0322 e. The Morgan fingerprint density at radius 1 is 1.18 bits per heavy atom. The Morgan fingerprint density at radius 2 is 1.73 bits per heavy atom. The molecule has 0 unspecified atom stereocenters. The normalized spacial score (nSPS) is 14.4. The maximum absolute atomic E-state index is 2.32. The van der Waals surface area contributed by atoms with E-state index in [1.165, 1.54) is 17.6 Å². The summed E-state index contributed by atoms with van der Waals surface area (Å²) in [6, 6.07) is 0. The van der Waals surface area contributed by atoms with E-state index in [0.29, 0.717) is 0 Å². The Kier molecular flexibility index (Phi) is 4.93. The first-order valence-corrected chi connectivity index (χ1v) is 4.38. The van der Waals surface area contributed by atoms with Crippen LogP contribution in [0.5, 0.6) is 0 Å². The van der Waals surface area contributed by atoms with Gasteiger partial charge in [0.15, 0.2) is 0 Å². The van der Waals surface area contributed by atoms with E-state index in [1.54, 1.807) is 0 Å². The minimum atomic E-state index is 0.773. The molecule has 0 heterocycles. The van der Waals surface area contributed by atoms with Crippen molar-refractivity contribution in [3.05, 3.63) is 23.3 Å². The van der Waals surface area contributed by atoms with Crippen LogP contribution in [-0.2, 0) is 0 Å². The van der Waals surface area contributed by atoms with E-state index in [9.17, 15) is 0 Å². The highest BCUT2D eigenvalue weighted by Crippen LogP contribution is 2.11. The highest BCUT2D eigenvalue weighted by molar-refractivity contribution is 5.25. The van der Waals surface area contributed by atoms with Crippen molar-refractivity contribution in [3.8, 4) is 0 Å². The van der Waals surface area contributed by atoms with Gasteiger partial charge in [-0.05, 0) is 33.1 Å². The van der Waals surface area contributed by atoms with Crippen molar-refractivity contribution in [1.29, 1.82) is 0 Å². The molecule has 0 bridgehead atoms. The fourth-order valence-corrected chi connectivity index (χ4v) is 0.801. The highest BCUT2D eigenvalue weighted by atomic mass is 14.0. The van der Waals surface area contributed by atoms with Crippen molar-refractivity contribution >= 4 is 0 Å². The third kappa shape index (κ3) is 4.83. The van der Waals surface area contributed by atoms with Gasteiger partial charge in [-0.1, -0.05) is 37.1 Å². The molecule has 0 N–H and O–H groups in total. The number of hydrogen-bond acceptors (Lipinski definition) is 0. The second-order valence-corrected chi connectivity index (χ2v) is 3.49. The lowest BCUT2D eigenvalue weighted by atomic mass is 10.0. The maximum Gasteiger partial charge on any atom is -0.0322 e.